The molecular formula is C14H22ClNO. The summed E-state index contributed by atoms with van der Waals surface area (Å²) in [5, 5.41) is 0.0555. The fourth-order valence-electron chi connectivity index (χ4n) is 1.83. The summed E-state index contributed by atoms with van der Waals surface area (Å²) >= 11 is 6.12. The Balaban J connectivity index is 2.41. The van der Waals surface area contributed by atoms with Crippen LogP contribution in [0.4, 0.5) is 0 Å². The Hall–Kier alpha value is -0.570. The highest BCUT2D eigenvalue weighted by atomic mass is 35.5. The highest BCUT2D eigenvalue weighted by Crippen LogP contribution is 2.08. The molecule has 1 aromatic rings. The summed E-state index contributed by atoms with van der Waals surface area (Å²) in [5.74, 6) is 0. The number of hydrogen-bond donors (Lipinski definition) is 0. The van der Waals surface area contributed by atoms with Gasteiger partial charge >= 0.3 is 0 Å². The number of ether oxygens (including phenoxy) is 1. The topological polar surface area (TPSA) is 12.5 Å². The molecule has 2 nitrogen and oxygen atoms in total. The van der Waals surface area contributed by atoms with Gasteiger partial charge in [-0.25, -0.2) is 0 Å². The number of hydrogen-bond acceptors (Lipinski definition) is 2. The van der Waals surface area contributed by atoms with E-state index in [1.807, 2.05) is 0 Å². The second-order valence-electron chi connectivity index (χ2n) is 4.42. The van der Waals surface area contributed by atoms with E-state index in [1.54, 1.807) is 7.11 Å². The molecule has 0 spiro atoms. The van der Waals surface area contributed by atoms with Gasteiger partial charge in [-0.1, -0.05) is 31.2 Å². The number of methoxy groups -OCH3 is 1. The molecule has 0 bridgehead atoms. The van der Waals surface area contributed by atoms with E-state index in [1.165, 1.54) is 11.1 Å². The Bertz CT molecular complexity index is 313. The van der Waals surface area contributed by atoms with Gasteiger partial charge in [0.15, 0.2) is 0 Å². The third-order valence-electron chi connectivity index (χ3n) is 2.74. The molecule has 0 aliphatic carbocycles. The molecule has 0 N–H and O–H groups in total. The molecule has 1 atom stereocenters. The monoisotopic (exact) mass is 255 g/mol. The summed E-state index contributed by atoms with van der Waals surface area (Å²) in [6.07, 6.45) is 1.09. The first-order valence-corrected chi connectivity index (χ1v) is 6.48. The van der Waals surface area contributed by atoms with Crippen molar-refractivity contribution < 1.29 is 4.74 Å². The van der Waals surface area contributed by atoms with Crippen LogP contribution in [0.3, 0.4) is 0 Å². The van der Waals surface area contributed by atoms with Crippen molar-refractivity contribution >= 4 is 11.6 Å². The number of halogens is 1. The molecule has 96 valence electrons. The molecule has 0 aromatic heterocycles. The molecule has 0 saturated carbocycles. The van der Waals surface area contributed by atoms with E-state index in [4.69, 9.17) is 16.3 Å². The zero-order valence-electron chi connectivity index (χ0n) is 10.9. The second-order valence-corrected chi connectivity index (χ2v) is 5.04. The van der Waals surface area contributed by atoms with Gasteiger partial charge in [0, 0.05) is 20.2 Å². The van der Waals surface area contributed by atoms with E-state index in [-0.39, 0.29) is 5.38 Å². The highest BCUT2D eigenvalue weighted by molar-refractivity contribution is 6.20. The van der Waals surface area contributed by atoms with E-state index in [2.05, 4.69) is 43.1 Å². The second kappa shape index (κ2) is 7.70. The molecule has 1 unspecified atom stereocenters. The summed E-state index contributed by atoms with van der Waals surface area (Å²) in [7, 11) is 3.76. The summed E-state index contributed by atoms with van der Waals surface area (Å²) < 4.78 is 5.03. The van der Waals surface area contributed by atoms with Gasteiger partial charge in [-0.05, 0) is 24.6 Å². The van der Waals surface area contributed by atoms with Crippen LogP contribution in [0.5, 0.6) is 0 Å². The molecule has 0 fully saturated rings. The molecule has 0 aliphatic rings. The maximum absolute atomic E-state index is 6.12. The van der Waals surface area contributed by atoms with E-state index in [0.29, 0.717) is 6.61 Å². The van der Waals surface area contributed by atoms with Gasteiger partial charge in [-0.2, -0.15) is 0 Å². The molecule has 0 amide bonds. The SMILES string of the molecule is CCc1ccc(CN(C)CC(Cl)COC)cc1. The molecule has 0 radical (unpaired) electrons. The van der Waals surface area contributed by atoms with Crippen LogP contribution in [0.2, 0.25) is 0 Å². The van der Waals surface area contributed by atoms with Gasteiger partial charge < -0.3 is 9.64 Å². The Morgan fingerprint density at radius 3 is 2.35 bits per heavy atom. The van der Waals surface area contributed by atoms with Gasteiger partial charge in [0.05, 0.1) is 12.0 Å². The molecule has 3 heteroatoms. The van der Waals surface area contributed by atoms with Gasteiger partial charge in [0.25, 0.3) is 0 Å². The average Bonchev–Trinajstić information content (AvgIpc) is 2.30. The van der Waals surface area contributed by atoms with E-state index >= 15 is 0 Å². The Morgan fingerprint density at radius 1 is 1.24 bits per heavy atom. The van der Waals surface area contributed by atoms with Crippen molar-refractivity contribution in [2.45, 2.75) is 25.3 Å². The molecular weight excluding hydrogens is 234 g/mol. The van der Waals surface area contributed by atoms with Crippen molar-refractivity contribution in [3.8, 4) is 0 Å². The lowest BCUT2D eigenvalue weighted by molar-refractivity contribution is 0.181. The highest BCUT2D eigenvalue weighted by Gasteiger charge is 2.08. The first-order chi connectivity index (χ1) is 8.15. The Kier molecular flexibility index (Phi) is 6.56. The summed E-state index contributed by atoms with van der Waals surface area (Å²) in [6.45, 7) is 4.53. The molecule has 17 heavy (non-hydrogen) atoms. The molecule has 0 aliphatic heterocycles. The van der Waals surface area contributed by atoms with Crippen LogP contribution >= 0.6 is 11.6 Å². The number of aryl methyl sites for hydroxylation is 1. The quantitative estimate of drug-likeness (QED) is 0.695. The van der Waals surface area contributed by atoms with Crippen molar-refractivity contribution in [1.29, 1.82) is 0 Å². The maximum Gasteiger partial charge on any atom is 0.0696 e. The van der Waals surface area contributed by atoms with Gasteiger partial charge in [-0.3, -0.25) is 0 Å². The van der Waals surface area contributed by atoms with Crippen LogP contribution in [0.1, 0.15) is 18.1 Å². The van der Waals surface area contributed by atoms with Crippen LogP contribution in [-0.4, -0.2) is 37.6 Å². The lowest BCUT2D eigenvalue weighted by atomic mass is 10.1. The van der Waals surface area contributed by atoms with Gasteiger partial charge in [0.1, 0.15) is 0 Å². The standard InChI is InChI=1S/C14H22ClNO/c1-4-12-5-7-13(8-6-12)9-16(2)10-14(15)11-17-3/h5-8,14H,4,9-11H2,1-3H3. The molecule has 1 aromatic carbocycles. The minimum absolute atomic E-state index is 0.0555. The summed E-state index contributed by atoms with van der Waals surface area (Å²) in [5.41, 5.74) is 2.71. The van der Waals surface area contributed by atoms with Gasteiger partial charge in [-0.15, -0.1) is 11.6 Å². The van der Waals surface area contributed by atoms with Crippen LogP contribution in [0.15, 0.2) is 24.3 Å². The number of alkyl halides is 1. The fraction of sp³-hybridized carbons (Fsp3) is 0.571. The molecule has 0 saturated heterocycles. The van der Waals surface area contributed by atoms with E-state index in [9.17, 15) is 0 Å². The number of benzene rings is 1. The van der Waals surface area contributed by atoms with E-state index in [0.717, 1.165) is 19.5 Å². The van der Waals surface area contributed by atoms with Crippen molar-refractivity contribution in [2.75, 3.05) is 27.3 Å². The minimum atomic E-state index is 0.0555. The number of rotatable bonds is 7. The van der Waals surface area contributed by atoms with Crippen LogP contribution in [0, 0.1) is 0 Å². The zero-order valence-corrected chi connectivity index (χ0v) is 11.7. The van der Waals surface area contributed by atoms with Gasteiger partial charge in [0.2, 0.25) is 0 Å². The summed E-state index contributed by atoms with van der Waals surface area (Å²) in [4.78, 5) is 2.22. The Labute approximate surface area is 110 Å². The van der Waals surface area contributed by atoms with Crippen LogP contribution in [0.25, 0.3) is 0 Å². The number of nitrogens with zero attached hydrogens (tertiary/aromatic N) is 1. The normalized spacial score (nSPS) is 13.0. The third kappa shape index (κ3) is 5.53. The van der Waals surface area contributed by atoms with Crippen molar-refractivity contribution in [3.63, 3.8) is 0 Å². The first-order valence-electron chi connectivity index (χ1n) is 6.05. The third-order valence-corrected chi connectivity index (χ3v) is 3.01. The van der Waals surface area contributed by atoms with Crippen molar-refractivity contribution in [2.24, 2.45) is 0 Å². The Morgan fingerprint density at radius 2 is 1.82 bits per heavy atom. The maximum atomic E-state index is 6.12. The van der Waals surface area contributed by atoms with Crippen LogP contribution in [-0.2, 0) is 17.7 Å². The molecule has 0 heterocycles. The zero-order chi connectivity index (χ0) is 12.7. The largest absolute Gasteiger partial charge is 0.383 e. The van der Waals surface area contributed by atoms with Crippen LogP contribution < -0.4 is 0 Å². The lowest BCUT2D eigenvalue weighted by Gasteiger charge is -2.19. The van der Waals surface area contributed by atoms with E-state index < -0.39 is 0 Å². The summed E-state index contributed by atoms with van der Waals surface area (Å²) in [6, 6.07) is 8.76. The predicted molar refractivity (Wildman–Crippen MR) is 73.7 cm³/mol. The average molecular weight is 256 g/mol. The van der Waals surface area contributed by atoms with Crippen molar-refractivity contribution in [3.05, 3.63) is 35.4 Å². The smallest absolute Gasteiger partial charge is 0.0696 e. The first kappa shape index (κ1) is 14.5. The lowest BCUT2D eigenvalue weighted by Crippen LogP contribution is -2.28. The molecule has 1 rings (SSSR count). The minimum Gasteiger partial charge on any atom is -0.383 e. The fourth-order valence-corrected chi connectivity index (χ4v) is 2.19. The van der Waals surface area contributed by atoms with Crippen molar-refractivity contribution in [1.82, 2.24) is 4.90 Å². The predicted octanol–water partition coefficient (Wildman–Crippen LogP) is 2.93.